The van der Waals surface area contributed by atoms with E-state index in [1.54, 1.807) is 23.1 Å². The highest BCUT2D eigenvalue weighted by atomic mass is 35.5. The molecule has 0 unspecified atom stereocenters. The van der Waals surface area contributed by atoms with Crippen LogP contribution < -0.4 is 10.2 Å². The van der Waals surface area contributed by atoms with E-state index in [4.69, 9.17) is 23.2 Å². The van der Waals surface area contributed by atoms with Gasteiger partial charge >= 0.3 is 0 Å². The van der Waals surface area contributed by atoms with Gasteiger partial charge in [0.15, 0.2) is 0 Å². The molecular weight excluding hydrogens is 489 g/mol. The molecule has 170 valence electrons. The number of fused-ring (bicyclic) bond motifs is 1. The Hall–Kier alpha value is -3.19. The van der Waals surface area contributed by atoms with Gasteiger partial charge < -0.3 is 10.2 Å². The van der Waals surface area contributed by atoms with Crippen LogP contribution in [0.15, 0.2) is 72.8 Å². The summed E-state index contributed by atoms with van der Waals surface area (Å²) in [6.07, 6.45) is 1.06. The molecular formula is C26H19Cl2N3O2S. The molecule has 5 nitrogen and oxygen atoms in total. The molecule has 1 aliphatic rings. The minimum Gasteiger partial charge on any atom is -0.321 e. The Bertz CT molecular complexity index is 1370. The third-order valence-corrected chi connectivity index (χ3v) is 6.96. The van der Waals surface area contributed by atoms with E-state index in [-0.39, 0.29) is 11.8 Å². The highest BCUT2D eigenvalue weighted by molar-refractivity contribution is 7.08. The lowest BCUT2D eigenvalue weighted by Crippen LogP contribution is -2.34. The van der Waals surface area contributed by atoms with Crippen molar-refractivity contribution in [2.45, 2.75) is 19.4 Å². The van der Waals surface area contributed by atoms with E-state index in [9.17, 15) is 9.59 Å². The second-order valence-electron chi connectivity index (χ2n) is 7.99. The van der Waals surface area contributed by atoms with Crippen molar-refractivity contribution in [3.05, 3.63) is 98.8 Å². The summed E-state index contributed by atoms with van der Waals surface area (Å²) >= 11 is 13.1. The molecule has 8 heteroatoms. The predicted octanol–water partition coefficient (Wildman–Crippen LogP) is 6.85. The van der Waals surface area contributed by atoms with Crippen LogP contribution in [-0.2, 0) is 17.8 Å². The van der Waals surface area contributed by atoms with Crippen LogP contribution in [0.1, 0.15) is 27.2 Å². The van der Waals surface area contributed by atoms with Crippen LogP contribution in [0.25, 0.3) is 11.3 Å². The first-order valence-electron chi connectivity index (χ1n) is 10.7. The van der Waals surface area contributed by atoms with Crippen molar-refractivity contribution in [3.63, 3.8) is 0 Å². The van der Waals surface area contributed by atoms with Gasteiger partial charge in [0.1, 0.15) is 4.88 Å². The van der Waals surface area contributed by atoms with Gasteiger partial charge in [-0.3, -0.25) is 9.59 Å². The summed E-state index contributed by atoms with van der Waals surface area (Å²) in [5.41, 5.74) is 5.22. The molecule has 2 heterocycles. The summed E-state index contributed by atoms with van der Waals surface area (Å²) in [5.74, 6) is -0.138. The van der Waals surface area contributed by atoms with Gasteiger partial charge in [0.2, 0.25) is 5.91 Å². The molecule has 1 N–H and O–H groups in total. The molecule has 4 aromatic rings. The molecule has 1 aliphatic heterocycles. The van der Waals surface area contributed by atoms with Crippen LogP contribution in [0.4, 0.5) is 11.4 Å². The van der Waals surface area contributed by atoms with Crippen molar-refractivity contribution in [2.75, 3.05) is 10.2 Å². The van der Waals surface area contributed by atoms with Gasteiger partial charge in [-0.1, -0.05) is 47.5 Å². The number of hydrogen-bond acceptors (Lipinski definition) is 4. The van der Waals surface area contributed by atoms with Crippen LogP contribution >= 0.6 is 34.7 Å². The van der Waals surface area contributed by atoms with Gasteiger partial charge in [-0.05, 0) is 77.6 Å². The number of aryl methyl sites for hydroxylation is 1. The van der Waals surface area contributed by atoms with Crippen molar-refractivity contribution in [3.8, 4) is 11.3 Å². The smallest absolute Gasteiger partial charge is 0.267 e. The Morgan fingerprint density at radius 2 is 1.65 bits per heavy atom. The topological polar surface area (TPSA) is 62.3 Å². The third-order valence-electron chi connectivity index (χ3n) is 5.67. The van der Waals surface area contributed by atoms with E-state index in [0.29, 0.717) is 40.0 Å². The summed E-state index contributed by atoms with van der Waals surface area (Å²) in [6.45, 7) is 0.475. The normalized spacial score (nSPS) is 13.0. The largest absolute Gasteiger partial charge is 0.321 e. The number of carbonyl (C=O) groups is 2. The standard InChI is InChI=1S/C26H19Cl2N3O2S/c27-19-6-1-16(2-7-19)15-31-23-11-10-21(13-18(23)5-12-25(31)32)29-26(33)24-14-22(30-34-24)17-3-8-20(28)9-4-17/h1-4,6-11,13-14H,5,12,15H2,(H,29,33). The maximum Gasteiger partial charge on any atom is 0.267 e. The monoisotopic (exact) mass is 507 g/mol. The molecule has 1 aromatic heterocycles. The number of rotatable bonds is 5. The highest BCUT2D eigenvalue weighted by Crippen LogP contribution is 2.32. The fourth-order valence-corrected chi connectivity index (χ4v) is 4.82. The minimum absolute atomic E-state index is 0.0821. The van der Waals surface area contributed by atoms with E-state index in [1.807, 2.05) is 54.6 Å². The minimum atomic E-state index is -0.220. The SMILES string of the molecule is O=C(Nc1ccc2c(c1)CCC(=O)N2Cc1ccc(Cl)cc1)c1cc(-c2ccc(Cl)cc2)ns1. The van der Waals surface area contributed by atoms with E-state index in [2.05, 4.69) is 9.69 Å². The van der Waals surface area contributed by atoms with Crippen LogP contribution in [-0.4, -0.2) is 16.2 Å². The molecule has 5 rings (SSSR count). The number of aromatic nitrogens is 1. The molecule has 0 saturated carbocycles. The van der Waals surface area contributed by atoms with Gasteiger partial charge in [0.05, 0.1) is 12.2 Å². The second kappa shape index (κ2) is 9.58. The third kappa shape index (κ3) is 4.85. The predicted molar refractivity (Wildman–Crippen MR) is 138 cm³/mol. The van der Waals surface area contributed by atoms with E-state index < -0.39 is 0 Å². The van der Waals surface area contributed by atoms with Gasteiger partial charge in [-0.2, -0.15) is 4.37 Å². The first-order chi connectivity index (χ1) is 16.5. The molecule has 34 heavy (non-hydrogen) atoms. The molecule has 3 aromatic carbocycles. The van der Waals surface area contributed by atoms with E-state index >= 15 is 0 Å². The Morgan fingerprint density at radius 3 is 2.38 bits per heavy atom. The van der Waals surface area contributed by atoms with Crippen LogP contribution in [0.3, 0.4) is 0 Å². The van der Waals surface area contributed by atoms with Crippen molar-refractivity contribution in [1.29, 1.82) is 0 Å². The molecule has 2 amide bonds. The Kier molecular flexibility index (Phi) is 6.37. The number of carbonyl (C=O) groups excluding carboxylic acids is 2. The average molecular weight is 508 g/mol. The van der Waals surface area contributed by atoms with Crippen LogP contribution in [0.5, 0.6) is 0 Å². The number of halogens is 2. The van der Waals surface area contributed by atoms with Gasteiger partial charge in [-0.25, -0.2) is 0 Å². The summed E-state index contributed by atoms with van der Waals surface area (Å²) in [5, 5.41) is 4.27. The maximum atomic E-state index is 12.8. The fourth-order valence-electron chi connectivity index (χ4n) is 3.92. The summed E-state index contributed by atoms with van der Waals surface area (Å²) in [7, 11) is 0. The number of benzene rings is 3. The maximum absolute atomic E-state index is 12.8. The summed E-state index contributed by atoms with van der Waals surface area (Å²) < 4.78 is 4.40. The number of hydrogen-bond donors (Lipinski definition) is 1. The summed E-state index contributed by atoms with van der Waals surface area (Å²) in [4.78, 5) is 27.8. The van der Waals surface area contributed by atoms with E-state index in [0.717, 1.165) is 39.6 Å². The number of anilines is 2. The zero-order valence-corrected chi connectivity index (χ0v) is 20.3. The summed E-state index contributed by atoms with van der Waals surface area (Å²) in [6, 6.07) is 22.3. The molecule has 0 aliphatic carbocycles. The molecule has 0 saturated heterocycles. The highest BCUT2D eigenvalue weighted by Gasteiger charge is 2.25. The molecule has 0 bridgehead atoms. The Morgan fingerprint density at radius 1 is 0.941 bits per heavy atom. The van der Waals surface area contributed by atoms with Crippen molar-refractivity contribution in [1.82, 2.24) is 4.37 Å². The number of amides is 2. The van der Waals surface area contributed by atoms with Crippen molar-refractivity contribution < 1.29 is 9.59 Å². The van der Waals surface area contributed by atoms with E-state index in [1.165, 1.54) is 0 Å². The quantitative estimate of drug-likeness (QED) is 0.321. The lowest BCUT2D eigenvalue weighted by Gasteiger charge is -2.30. The Balaban J connectivity index is 1.32. The fraction of sp³-hybridized carbons (Fsp3) is 0.115. The Labute approximate surface area is 211 Å². The average Bonchev–Trinajstić information content (AvgIpc) is 3.33. The van der Waals surface area contributed by atoms with Crippen molar-refractivity contribution in [2.24, 2.45) is 0 Å². The number of nitrogens with one attached hydrogen (secondary N) is 1. The van der Waals surface area contributed by atoms with Crippen molar-refractivity contribution >= 4 is 57.9 Å². The van der Waals surface area contributed by atoms with Gasteiger partial charge in [0, 0.05) is 33.4 Å². The van der Waals surface area contributed by atoms with Crippen LogP contribution in [0, 0.1) is 0 Å². The lowest BCUT2D eigenvalue weighted by molar-refractivity contribution is -0.119. The van der Waals surface area contributed by atoms with Crippen LogP contribution in [0.2, 0.25) is 10.0 Å². The zero-order valence-electron chi connectivity index (χ0n) is 17.9. The molecule has 0 radical (unpaired) electrons. The lowest BCUT2D eigenvalue weighted by atomic mass is 9.99. The first-order valence-corrected chi connectivity index (χ1v) is 12.2. The zero-order chi connectivity index (χ0) is 23.7. The number of nitrogens with zero attached hydrogens (tertiary/aromatic N) is 2. The molecule has 0 spiro atoms. The van der Waals surface area contributed by atoms with Gasteiger partial charge in [0.25, 0.3) is 5.91 Å². The molecule has 0 atom stereocenters. The molecule has 0 fully saturated rings. The first kappa shape index (κ1) is 22.6. The van der Waals surface area contributed by atoms with Gasteiger partial charge in [-0.15, -0.1) is 0 Å². The second-order valence-corrected chi connectivity index (χ2v) is 9.67.